The molecule has 0 saturated heterocycles. The normalized spacial score (nSPS) is 14.5. The first-order valence-electron chi connectivity index (χ1n) is 6.31. The van der Waals surface area contributed by atoms with E-state index >= 15 is 0 Å². The Balaban J connectivity index is 4.04. The van der Waals surface area contributed by atoms with Gasteiger partial charge in [-0.25, -0.2) is 0 Å². The number of esters is 1. The van der Waals surface area contributed by atoms with Crippen molar-refractivity contribution in [3.8, 4) is 0 Å². The standard InChI is InChI=1S/C13H26O3/c1-5-7-8-11(3)9-12(10-15-4)13(14)16-6-2/h11-12H,5-10H2,1-4H3. The van der Waals surface area contributed by atoms with Gasteiger partial charge in [0.05, 0.1) is 19.1 Å². The van der Waals surface area contributed by atoms with Gasteiger partial charge in [-0.15, -0.1) is 0 Å². The molecule has 0 N–H and O–H groups in total. The van der Waals surface area contributed by atoms with Gasteiger partial charge in [0.1, 0.15) is 0 Å². The van der Waals surface area contributed by atoms with Gasteiger partial charge in [0.15, 0.2) is 0 Å². The van der Waals surface area contributed by atoms with Crippen LogP contribution in [0.2, 0.25) is 0 Å². The molecule has 0 amide bonds. The van der Waals surface area contributed by atoms with Crippen LogP contribution in [0, 0.1) is 11.8 Å². The van der Waals surface area contributed by atoms with Crippen LogP contribution < -0.4 is 0 Å². The molecule has 0 rings (SSSR count). The third-order valence-corrected chi connectivity index (χ3v) is 2.73. The van der Waals surface area contributed by atoms with E-state index in [0.717, 1.165) is 6.42 Å². The molecule has 3 heteroatoms. The van der Waals surface area contributed by atoms with Gasteiger partial charge in [-0.3, -0.25) is 4.79 Å². The van der Waals surface area contributed by atoms with Crippen molar-refractivity contribution in [3.63, 3.8) is 0 Å². The van der Waals surface area contributed by atoms with Gasteiger partial charge in [0.2, 0.25) is 0 Å². The van der Waals surface area contributed by atoms with E-state index in [1.54, 1.807) is 7.11 Å². The number of hydrogen-bond acceptors (Lipinski definition) is 3. The molecule has 0 heterocycles. The summed E-state index contributed by atoms with van der Waals surface area (Å²) in [5, 5.41) is 0. The first-order valence-corrected chi connectivity index (χ1v) is 6.31. The zero-order chi connectivity index (χ0) is 12.4. The molecule has 3 nitrogen and oxygen atoms in total. The van der Waals surface area contributed by atoms with Gasteiger partial charge in [0, 0.05) is 7.11 Å². The second kappa shape index (κ2) is 9.64. The molecule has 0 aliphatic rings. The molecule has 0 aromatic rings. The molecule has 0 aromatic heterocycles. The zero-order valence-electron chi connectivity index (χ0n) is 11.1. The molecular weight excluding hydrogens is 204 g/mol. The zero-order valence-corrected chi connectivity index (χ0v) is 11.1. The maximum atomic E-state index is 11.6. The Bertz CT molecular complexity index is 180. The highest BCUT2D eigenvalue weighted by molar-refractivity contribution is 5.72. The molecule has 0 aromatic carbocycles. The van der Waals surface area contributed by atoms with Crippen LogP contribution in [0.3, 0.4) is 0 Å². The summed E-state index contributed by atoms with van der Waals surface area (Å²) < 4.78 is 10.1. The summed E-state index contributed by atoms with van der Waals surface area (Å²) in [6, 6.07) is 0. The molecule has 0 spiro atoms. The number of unbranched alkanes of at least 4 members (excludes halogenated alkanes) is 1. The second-order valence-electron chi connectivity index (χ2n) is 4.39. The first kappa shape index (κ1) is 15.4. The van der Waals surface area contributed by atoms with Crippen LogP contribution in [0.1, 0.15) is 46.5 Å². The fraction of sp³-hybridized carbons (Fsp3) is 0.923. The Morgan fingerprint density at radius 1 is 1.31 bits per heavy atom. The molecule has 0 bridgehead atoms. The van der Waals surface area contributed by atoms with E-state index < -0.39 is 0 Å². The summed E-state index contributed by atoms with van der Waals surface area (Å²) in [5.74, 6) is 0.342. The summed E-state index contributed by atoms with van der Waals surface area (Å²) in [5.41, 5.74) is 0. The molecule has 0 saturated carbocycles. The number of methoxy groups -OCH3 is 1. The van der Waals surface area contributed by atoms with Gasteiger partial charge < -0.3 is 9.47 Å². The van der Waals surface area contributed by atoms with Crippen LogP contribution in [0.4, 0.5) is 0 Å². The summed E-state index contributed by atoms with van der Waals surface area (Å²) in [6.45, 7) is 7.13. The van der Waals surface area contributed by atoms with Crippen molar-refractivity contribution >= 4 is 5.97 Å². The monoisotopic (exact) mass is 230 g/mol. The highest BCUT2D eigenvalue weighted by Crippen LogP contribution is 2.19. The number of ether oxygens (including phenoxy) is 2. The molecule has 96 valence electrons. The van der Waals surface area contributed by atoms with Crippen LogP contribution >= 0.6 is 0 Å². The van der Waals surface area contributed by atoms with Crippen molar-refractivity contribution in [1.82, 2.24) is 0 Å². The molecule has 16 heavy (non-hydrogen) atoms. The lowest BCUT2D eigenvalue weighted by Crippen LogP contribution is -2.24. The third-order valence-electron chi connectivity index (χ3n) is 2.73. The average molecular weight is 230 g/mol. The Kier molecular flexibility index (Phi) is 9.30. The first-order chi connectivity index (χ1) is 7.65. The van der Waals surface area contributed by atoms with Crippen LogP contribution in [0.15, 0.2) is 0 Å². The maximum Gasteiger partial charge on any atom is 0.311 e. The fourth-order valence-corrected chi connectivity index (χ4v) is 1.85. The Hall–Kier alpha value is -0.570. The van der Waals surface area contributed by atoms with Crippen LogP contribution in [-0.4, -0.2) is 26.3 Å². The molecule has 0 fully saturated rings. The van der Waals surface area contributed by atoms with Crippen LogP contribution in [0.5, 0.6) is 0 Å². The quantitative estimate of drug-likeness (QED) is 0.571. The van der Waals surface area contributed by atoms with Gasteiger partial charge in [-0.2, -0.15) is 0 Å². The van der Waals surface area contributed by atoms with E-state index in [1.165, 1.54) is 19.3 Å². The SMILES string of the molecule is CCCCC(C)CC(COC)C(=O)OCC. The van der Waals surface area contributed by atoms with E-state index in [1.807, 2.05) is 6.92 Å². The number of rotatable bonds is 9. The topological polar surface area (TPSA) is 35.5 Å². The largest absolute Gasteiger partial charge is 0.466 e. The molecule has 2 atom stereocenters. The predicted octanol–water partition coefficient (Wildman–Crippen LogP) is 3.03. The van der Waals surface area contributed by atoms with Gasteiger partial charge in [-0.1, -0.05) is 33.1 Å². The highest BCUT2D eigenvalue weighted by Gasteiger charge is 2.21. The van der Waals surface area contributed by atoms with Crippen molar-refractivity contribution in [3.05, 3.63) is 0 Å². The summed E-state index contributed by atoms with van der Waals surface area (Å²) in [6.07, 6.45) is 4.48. The molecule has 0 radical (unpaired) electrons. The van der Waals surface area contributed by atoms with Gasteiger partial charge in [0.25, 0.3) is 0 Å². The maximum absolute atomic E-state index is 11.6. The summed E-state index contributed by atoms with van der Waals surface area (Å²) in [4.78, 5) is 11.6. The Labute approximate surface area is 99.5 Å². The lowest BCUT2D eigenvalue weighted by Gasteiger charge is -2.18. The summed E-state index contributed by atoms with van der Waals surface area (Å²) >= 11 is 0. The lowest BCUT2D eigenvalue weighted by atomic mass is 9.92. The molecule has 0 aliphatic carbocycles. The van der Waals surface area contributed by atoms with Crippen molar-refractivity contribution in [2.45, 2.75) is 46.5 Å². The number of hydrogen-bond donors (Lipinski definition) is 0. The fourth-order valence-electron chi connectivity index (χ4n) is 1.85. The predicted molar refractivity (Wildman–Crippen MR) is 65.3 cm³/mol. The minimum atomic E-state index is -0.118. The van der Waals surface area contributed by atoms with Crippen molar-refractivity contribution in [1.29, 1.82) is 0 Å². The lowest BCUT2D eigenvalue weighted by molar-refractivity contribution is -0.150. The van der Waals surface area contributed by atoms with Crippen LogP contribution in [0.25, 0.3) is 0 Å². The molecule has 0 aliphatic heterocycles. The van der Waals surface area contributed by atoms with E-state index in [0.29, 0.717) is 19.1 Å². The van der Waals surface area contributed by atoms with Gasteiger partial charge >= 0.3 is 5.97 Å². The highest BCUT2D eigenvalue weighted by atomic mass is 16.5. The summed E-state index contributed by atoms with van der Waals surface area (Å²) in [7, 11) is 1.63. The Morgan fingerprint density at radius 2 is 2.00 bits per heavy atom. The molecule has 2 unspecified atom stereocenters. The second-order valence-corrected chi connectivity index (χ2v) is 4.39. The van der Waals surface area contributed by atoms with Crippen molar-refractivity contribution in [2.75, 3.05) is 20.3 Å². The smallest absolute Gasteiger partial charge is 0.311 e. The minimum Gasteiger partial charge on any atom is -0.466 e. The molecular formula is C13H26O3. The third kappa shape index (κ3) is 6.83. The van der Waals surface area contributed by atoms with Crippen LogP contribution in [-0.2, 0) is 14.3 Å². The van der Waals surface area contributed by atoms with Crippen molar-refractivity contribution < 1.29 is 14.3 Å². The Morgan fingerprint density at radius 3 is 2.50 bits per heavy atom. The van der Waals surface area contributed by atoms with E-state index in [9.17, 15) is 4.79 Å². The van der Waals surface area contributed by atoms with E-state index in [4.69, 9.17) is 9.47 Å². The average Bonchev–Trinajstić information content (AvgIpc) is 2.26. The van der Waals surface area contributed by atoms with E-state index in [-0.39, 0.29) is 11.9 Å². The van der Waals surface area contributed by atoms with E-state index in [2.05, 4.69) is 13.8 Å². The minimum absolute atomic E-state index is 0.100. The van der Waals surface area contributed by atoms with Gasteiger partial charge in [-0.05, 0) is 19.3 Å². The van der Waals surface area contributed by atoms with Crippen molar-refractivity contribution in [2.24, 2.45) is 11.8 Å². The number of carbonyl (C=O) groups excluding carboxylic acids is 1. The number of carbonyl (C=O) groups is 1.